The predicted octanol–water partition coefficient (Wildman–Crippen LogP) is 2.83. The number of benzene rings is 1. The maximum Gasteiger partial charge on any atom is 0.122 e. The van der Waals surface area contributed by atoms with E-state index < -0.39 is 0 Å². The van der Waals surface area contributed by atoms with Gasteiger partial charge in [0.2, 0.25) is 0 Å². The first-order valence-electron chi connectivity index (χ1n) is 7.10. The Bertz CT molecular complexity index is 458. The molecule has 0 saturated heterocycles. The fraction of sp³-hybridized carbons (Fsp3) is 0.500. The highest BCUT2D eigenvalue weighted by Gasteiger charge is 2.28. The van der Waals surface area contributed by atoms with Crippen molar-refractivity contribution >= 4 is 0 Å². The molecule has 1 aromatic rings. The average molecular weight is 259 g/mol. The highest BCUT2D eigenvalue weighted by atomic mass is 16.5. The summed E-state index contributed by atoms with van der Waals surface area (Å²) < 4.78 is 11.3. The molecule has 1 N–H and O–H groups in total. The maximum absolute atomic E-state index is 5.74. The number of ether oxygens (including phenoxy) is 2. The van der Waals surface area contributed by atoms with Crippen LogP contribution in [0.5, 0.6) is 5.75 Å². The zero-order valence-electron chi connectivity index (χ0n) is 11.3. The Morgan fingerprint density at radius 3 is 3.11 bits per heavy atom. The molecule has 3 heteroatoms. The molecule has 2 aliphatic heterocycles. The smallest absolute Gasteiger partial charge is 0.122 e. The molecule has 2 heterocycles. The van der Waals surface area contributed by atoms with E-state index in [0.717, 1.165) is 31.7 Å². The summed E-state index contributed by atoms with van der Waals surface area (Å²) in [7, 11) is 0. The molecule has 0 fully saturated rings. The first-order valence-corrected chi connectivity index (χ1v) is 7.10. The summed E-state index contributed by atoms with van der Waals surface area (Å²) in [5, 5.41) is 3.60. The number of allylic oxidation sites excluding steroid dienone is 1. The van der Waals surface area contributed by atoms with E-state index in [1.165, 1.54) is 5.56 Å². The zero-order valence-corrected chi connectivity index (χ0v) is 11.3. The van der Waals surface area contributed by atoms with Crippen molar-refractivity contribution in [1.29, 1.82) is 0 Å². The Morgan fingerprint density at radius 2 is 2.26 bits per heavy atom. The molecular formula is C16H21NO2. The highest BCUT2D eigenvalue weighted by Crippen LogP contribution is 2.35. The van der Waals surface area contributed by atoms with E-state index >= 15 is 0 Å². The third-order valence-electron chi connectivity index (χ3n) is 4.03. The molecule has 0 amide bonds. The van der Waals surface area contributed by atoms with Crippen LogP contribution in [0.25, 0.3) is 0 Å². The van der Waals surface area contributed by atoms with Gasteiger partial charge in [-0.2, -0.15) is 0 Å². The summed E-state index contributed by atoms with van der Waals surface area (Å²) >= 11 is 0. The van der Waals surface area contributed by atoms with Crippen LogP contribution >= 0.6 is 0 Å². The van der Waals surface area contributed by atoms with Gasteiger partial charge in [0.25, 0.3) is 0 Å². The number of rotatable bonds is 4. The van der Waals surface area contributed by atoms with Gasteiger partial charge < -0.3 is 14.8 Å². The third kappa shape index (κ3) is 2.76. The van der Waals surface area contributed by atoms with Crippen molar-refractivity contribution in [2.75, 3.05) is 13.2 Å². The summed E-state index contributed by atoms with van der Waals surface area (Å²) in [6, 6.07) is 8.74. The fourth-order valence-corrected chi connectivity index (χ4v) is 2.80. The molecule has 3 nitrogen and oxygen atoms in total. The quantitative estimate of drug-likeness (QED) is 0.902. The van der Waals surface area contributed by atoms with Crippen molar-refractivity contribution < 1.29 is 9.47 Å². The molecule has 0 spiro atoms. The largest absolute Gasteiger partial charge is 0.497 e. The first kappa shape index (κ1) is 12.5. The van der Waals surface area contributed by atoms with Crippen molar-refractivity contribution in [3.05, 3.63) is 42.2 Å². The minimum Gasteiger partial charge on any atom is -0.497 e. The van der Waals surface area contributed by atoms with E-state index in [-0.39, 0.29) is 0 Å². The minimum absolute atomic E-state index is 0.310. The van der Waals surface area contributed by atoms with Crippen LogP contribution in [0.15, 0.2) is 36.6 Å². The Labute approximate surface area is 114 Å². The monoisotopic (exact) mass is 259 g/mol. The molecule has 1 aromatic carbocycles. The number of nitrogens with one attached hydrogen (secondary N) is 1. The standard InChI is InChI=1S/C16H21NO2/c1-12(17-10-13-6-4-5-9-18-13)15-11-19-16-8-3-2-7-14(15)16/h2-3,5,7-9,12-13,15,17H,4,6,10-11H2,1H3/t12-,13+,15-/m0/s1. The van der Waals surface area contributed by atoms with Crippen molar-refractivity contribution in [2.45, 2.75) is 37.8 Å². The summed E-state index contributed by atoms with van der Waals surface area (Å²) in [5.41, 5.74) is 1.33. The summed E-state index contributed by atoms with van der Waals surface area (Å²) in [5.74, 6) is 1.48. The molecule has 19 heavy (non-hydrogen) atoms. The van der Waals surface area contributed by atoms with Crippen molar-refractivity contribution in [3.8, 4) is 5.75 Å². The van der Waals surface area contributed by atoms with Gasteiger partial charge in [-0.1, -0.05) is 18.2 Å². The van der Waals surface area contributed by atoms with E-state index in [2.05, 4.69) is 36.5 Å². The van der Waals surface area contributed by atoms with Crippen LogP contribution in [-0.2, 0) is 4.74 Å². The SMILES string of the molecule is C[C@H](NC[C@H]1CCC=CO1)[C@@H]1COc2ccccc21. The van der Waals surface area contributed by atoms with E-state index in [1.807, 2.05) is 12.3 Å². The lowest BCUT2D eigenvalue weighted by atomic mass is 9.94. The van der Waals surface area contributed by atoms with Crippen LogP contribution in [-0.4, -0.2) is 25.3 Å². The van der Waals surface area contributed by atoms with Gasteiger partial charge in [-0.25, -0.2) is 0 Å². The van der Waals surface area contributed by atoms with E-state index in [0.29, 0.717) is 18.1 Å². The van der Waals surface area contributed by atoms with Gasteiger partial charge in [-0.15, -0.1) is 0 Å². The Hall–Kier alpha value is -1.48. The van der Waals surface area contributed by atoms with Crippen molar-refractivity contribution in [3.63, 3.8) is 0 Å². The molecule has 3 atom stereocenters. The van der Waals surface area contributed by atoms with E-state index in [4.69, 9.17) is 9.47 Å². The van der Waals surface area contributed by atoms with Gasteiger partial charge in [-0.3, -0.25) is 0 Å². The van der Waals surface area contributed by atoms with Gasteiger partial charge in [0.15, 0.2) is 0 Å². The number of hydrogen-bond acceptors (Lipinski definition) is 3. The molecule has 0 bridgehead atoms. The second-order valence-electron chi connectivity index (χ2n) is 5.36. The van der Waals surface area contributed by atoms with E-state index in [9.17, 15) is 0 Å². The summed E-state index contributed by atoms with van der Waals surface area (Å²) in [6.07, 6.45) is 6.45. The fourth-order valence-electron chi connectivity index (χ4n) is 2.80. The summed E-state index contributed by atoms with van der Waals surface area (Å²) in [4.78, 5) is 0. The van der Waals surface area contributed by atoms with Crippen LogP contribution in [0.3, 0.4) is 0 Å². The van der Waals surface area contributed by atoms with E-state index in [1.54, 1.807) is 0 Å². The van der Waals surface area contributed by atoms with Crippen LogP contribution in [0, 0.1) is 0 Å². The molecule has 102 valence electrons. The number of para-hydroxylation sites is 1. The molecule has 0 saturated carbocycles. The topological polar surface area (TPSA) is 30.5 Å². The van der Waals surface area contributed by atoms with Gasteiger partial charge >= 0.3 is 0 Å². The van der Waals surface area contributed by atoms with Gasteiger partial charge in [-0.05, 0) is 31.9 Å². The molecule has 2 aliphatic rings. The second kappa shape index (κ2) is 5.66. The third-order valence-corrected chi connectivity index (χ3v) is 4.03. The number of hydrogen-bond donors (Lipinski definition) is 1. The molecule has 0 radical (unpaired) electrons. The minimum atomic E-state index is 0.310. The van der Waals surface area contributed by atoms with Crippen LogP contribution in [0.2, 0.25) is 0 Å². The lowest BCUT2D eigenvalue weighted by Gasteiger charge is -2.25. The van der Waals surface area contributed by atoms with Gasteiger partial charge in [0, 0.05) is 24.1 Å². The lowest BCUT2D eigenvalue weighted by Crippen LogP contribution is -2.39. The van der Waals surface area contributed by atoms with Gasteiger partial charge in [0.1, 0.15) is 11.9 Å². The molecule has 0 unspecified atom stereocenters. The zero-order chi connectivity index (χ0) is 13.1. The Morgan fingerprint density at radius 1 is 1.37 bits per heavy atom. The average Bonchev–Trinajstić information content (AvgIpc) is 2.90. The van der Waals surface area contributed by atoms with Gasteiger partial charge in [0.05, 0.1) is 12.9 Å². The lowest BCUT2D eigenvalue weighted by molar-refractivity contribution is 0.118. The Balaban J connectivity index is 1.56. The molecule has 3 rings (SSSR count). The maximum atomic E-state index is 5.74. The summed E-state index contributed by atoms with van der Waals surface area (Å²) in [6.45, 7) is 3.91. The van der Waals surface area contributed by atoms with Crippen molar-refractivity contribution in [1.82, 2.24) is 5.32 Å². The van der Waals surface area contributed by atoms with Crippen LogP contribution < -0.4 is 10.1 Å². The number of fused-ring (bicyclic) bond motifs is 1. The molecular weight excluding hydrogens is 238 g/mol. The molecule has 0 aliphatic carbocycles. The second-order valence-corrected chi connectivity index (χ2v) is 5.36. The normalized spacial score (nSPS) is 26.4. The van der Waals surface area contributed by atoms with Crippen LogP contribution in [0.1, 0.15) is 31.2 Å². The first-order chi connectivity index (χ1) is 9.34. The van der Waals surface area contributed by atoms with Crippen molar-refractivity contribution in [2.24, 2.45) is 0 Å². The molecule has 0 aromatic heterocycles. The Kier molecular flexibility index (Phi) is 3.74. The van der Waals surface area contributed by atoms with Crippen LogP contribution in [0.4, 0.5) is 0 Å². The highest BCUT2D eigenvalue weighted by molar-refractivity contribution is 5.40. The predicted molar refractivity (Wildman–Crippen MR) is 75.4 cm³/mol.